The van der Waals surface area contributed by atoms with Crippen LogP contribution in [0, 0.1) is 0 Å². The fraction of sp³-hybridized carbons (Fsp3) is 0.500. The zero-order valence-corrected chi connectivity index (χ0v) is 18.0. The zero-order valence-electron chi connectivity index (χ0n) is 12.0. The van der Waals surface area contributed by atoms with E-state index in [1.54, 1.807) is 0 Å². The first-order valence-corrected chi connectivity index (χ1v) is 4.30. The maximum absolute atomic E-state index is 10.1. The molecule has 0 unspecified atom stereocenters. The molecular formula is C8H10NNa3O9. The summed E-state index contributed by atoms with van der Waals surface area (Å²) in [4.78, 5) is 39.2. The van der Waals surface area contributed by atoms with Crippen LogP contribution in [0.15, 0.2) is 0 Å². The number of carboxylic acid groups (broad SMARTS) is 4. The van der Waals surface area contributed by atoms with Gasteiger partial charge in [-0.1, -0.05) is 0 Å². The Labute approximate surface area is 185 Å². The van der Waals surface area contributed by atoms with Crippen molar-refractivity contribution in [3.63, 3.8) is 0 Å². The summed E-state index contributed by atoms with van der Waals surface area (Å²) in [6, 6.07) is 0. The summed E-state index contributed by atoms with van der Waals surface area (Å²) in [6.07, 6.45) is -2.72. The first-order valence-electron chi connectivity index (χ1n) is 4.30. The Morgan fingerprint density at radius 1 is 0.905 bits per heavy atom. The van der Waals surface area contributed by atoms with Crippen molar-refractivity contribution >= 4 is 23.9 Å². The molecule has 4 N–H and O–H groups in total. The maximum atomic E-state index is 10.1. The largest absolute Gasteiger partial charge is 1.00 e. The summed E-state index contributed by atoms with van der Waals surface area (Å²) in [5, 5.41) is 46.5. The van der Waals surface area contributed by atoms with E-state index >= 15 is 0 Å². The van der Waals surface area contributed by atoms with Crippen molar-refractivity contribution in [1.82, 2.24) is 0 Å². The van der Waals surface area contributed by atoms with Gasteiger partial charge in [-0.15, -0.1) is 0 Å². The van der Waals surface area contributed by atoms with Crippen LogP contribution in [0.2, 0.25) is 0 Å². The molecule has 0 atom stereocenters. The van der Waals surface area contributed by atoms with E-state index in [0.717, 1.165) is 0 Å². The molecule has 0 fully saturated rings. The fourth-order valence-corrected chi connectivity index (χ4v) is 0.684. The van der Waals surface area contributed by atoms with Crippen LogP contribution in [-0.4, -0.2) is 46.2 Å². The zero-order chi connectivity index (χ0) is 14.9. The molecule has 0 aliphatic heterocycles. The molecule has 0 heterocycles. The van der Waals surface area contributed by atoms with Gasteiger partial charge in [-0.05, 0) is 0 Å². The molecule has 0 rings (SSSR count). The fourth-order valence-electron chi connectivity index (χ4n) is 0.684. The summed E-state index contributed by atoms with van der Waals surface area (Å²) in [5.41, 5.74) is 1.60. The summed E-state index contributed by atoms with van der Waals surface area (Å²) in [6.45, 7) is -0.278. The second kappa shape index (κ2) is 17.2. The van der Waals surface area contributed by atoms with Crippen LogP contribution >= 0.6 is 0 Å². The maximum Gasteiger partial charge on any atom is 1.00 e. The van der Waals surface area contributed by atoms with E-state index < -0.39 is 42.3 Å². The molecule has 0 aliphatic rings. The van der Waals surface area contributed by atoms with Crippen LogP contribution in [0.3, 0.4) is 0 Å². The number of carboxylic acids is 4. The Balaban J connectivity index is -0.0000000933. The number of nitrogens with two attached hydrogens (primary N) is 1. The van der Waals surface area contributed by atoms with Crippen molar-refractivity contribution in [3.8, 4) is 0 Å². The molecule has 104 valence electrons. The smallest absolute Gasteiger partial charge is 0.550 e. The first-order chi connectivity index (χ1) is 8.05. The molecule has 0 aromatic rings. The number of carbonyl (C=O) groups excluding carboxylic acids is 3. The minimum atomic E-state index is -2.97. The molecule has 13 heteroatoms. The quantitative estimate of drug-likeness (QED) is 0.391. The Kier molecular flexibility index (Phi) is 27.3. The van der Waals surface area contributed by atoms with Crippen molar-refractivity contribution in [1.29, 1.82) is 0 Å². The molecule has 0 spiro atoms. The van der Waals surface area contributed by atoms with Crippen LogP contribution < -0.4 is 110 Å². The third-order valence-corrected chi connectivity index (χ3v) is 1.43. The van der Waals surface area contributed by atoms with Gasteiger partial charge >= 0.3 is 94.6 Å². The third kappa shape index (κ3) is 20.8. The molecule has 0 saturated heterocycles. The number of rotatable bonds is 6. The van der Waals surface area contributed by atoms with Crippen LogP contribution in [0.25, 0.3) is 0 Å². The van der Waals surface area contributed by atoms with Gasteiger partial charge < -0.3 is 45.6 Å². The second-order valence-corrected chi connectivity index (χ2v) is 3.01. The Hall–Kier alpha value is 0.800. The van der Waals surface area contributed by atoms with Gasteiger partial charge in [-0.2, -0.15) is 0 Å². The second-order valence-electron chi connectivity index (χ2n) is 3.01. The standard InChI is InChI=1S/C6H8O7.C2H5NO2.3Na/c7-3(8)1-6(13,5(11)12)2-4(9)10;3-1-2(4)5;;;/h13H,1-2H2,(H,7,8)(H,9,10)(H,11,12);1,3H2,(H,4,5);;;/q;;3*+1/p-3. The molecule has 0 saturated carbocycles. The van der Waals surface area contributed by atoms with Gasteiger partial charge in [0.15, 0.2) is 0 Å². The van der Waals surface area contributed by atoms with E-state index in [4.69, 9.17) is 10.2 Å². The summed E-state index contributed by atoms with van der Waals surface area (Å²) in [5.74, 6) is -6.95. The van der Waals surface area contributed by atoms with Crippen LogP contribution in [0.5, 0.6) is 0 Å². The molecule has 10 nitrogen and oxygen atoms in total. The van der Waals surface area contributed by atoms with Gasteiger partial charge in [0.25, 0.3) is 0 Å². The number of aliphatic hydroxyl groups is 1. The molecule has 0 aliphatic carbocycles. The van der Waals surface area contributed by atoms with Crippen molar-refractivity contribution in [2.24, 2.45) is 5.73 Å². The van der Waals surface area contributed by atoms with Gasteiger partial charge in [0.05, 0.1) is 12.5 Å². The summed E-state index contributed by atoms with van der Waals surface area (Å²) in [7, 11) is 0. The summed E-state index contributed by atoms with van der Waals surface area (Å²) >= 11 is 0. The predicted octanol–water partition coefficient (Wildman–Crippen LogP) is -15.2. The average Bonchev–Trinajstić information content (AvgIpc) is 2.15. The van der Waals surface area contributed by atoms with Crippen LogP contribution in [-0.2, 0) is 19.2 Å². The Bertz CT molecular complexity index is 334. The minimum absolute atomic E-state index is 0. The van der Waals surface area contributed by atoms with E-state index in [1.807, 2.05) is 0 Å². The monoisotopic (exact) mass is 333 g/mol. The van der Waals surface area contributed by atoms with E-state index in [2.05, 4.69) is 5.73 Å². The third-order valence-electron chi connectivity index (χ3n) is 1.43. The van der Waals surface area contributed by atoms with E-state index in [0.29, 0.717) is 0 Å². The topological polar surface area (TPSA) is 204 Å². The molecular weight excluding hydrogens is 323 g/mol. The minimum Gasteiger partial charge on any atom is -0.550 e. The molecule has 0 aromatic heterocycles. The molecule has 21 heavy (non-hydrogen) atoms. The first kappa shape index (κ1) is 33.4. The number of carbonyl (C=O) groups is 4. The SMILES string of the molecule is NCC(=O)O.O=C([O-])CC(O)(CC(=O)[O-])C(=O)[O-].[Na+].[Na+].[Na+]. The van der Waals surface area contributed by atoms with E-state index in [-0.39, 0.29) is 95.2 Å². The van der Waals surface area contributed by atoms with Crippen LogP contribution in [0.4, 0.5) is 0 Å². The molecule has 0 amide bonds. The molecule has 0 radical (unpaired) electrons. The summed E-state index contributed by atoms with van der Waals surface area (Å²) < 4.78 is 0. The Morgan fingerprint density at radius 3 is 1.24 bits per heavy atom. The number of aliphatic carboxylic acids is 4. The average molecular weight is 333 g/mol. The van der Waals surface area contributed by atoms with Crippen molar-refractivity contribution in [2.45, 2.75) is 18.4 Å². The number of hydrogen-bond donors (Lipinski definition) is 3. The van der Waals surface area contributed by atoms with Crippen LogP contribution in [0.1, 0.15) is 12.8 Å². The van der Waals surface area contributed by atoms with E-state index in [9.17, 15) is 34.5 Å². The molecule has 0 bridgehead atoms. The van der Waals surface area contributed by atoms with Gasteiger partial charge in [-0.3, -0.25) is 4.79 Å². The van der Waals surface area contributed by atoms with Gasteiger partial charge in [0, 0.05) is 24.8 Å². The predicted molar refractivity (Wildman–Crippen MR) is 45.9 cm³/mol. The Morgan fingerprint density at radius 2 is 1.14 bits per heavy atom. The van der Waals surface area contributed by atoms with Gasteiger partial charge in [0.1, 0.15) is 5.60 Å². The van der Waals surface area contributed by atoms with Crippen molar-refractivity contribution in [2.75, 3.05) is 6.54 Å². The van der Waals surface area contributed by atoms with E-state index in [1.165, 1.54) is 0 Å². The normalized spacial score (nSPS) is 8.48. The molecule has 0 aromatic carbocycles. The van der Waals surface area contributed by atoms with Crippen molar-refractivity contribution < 1.29 is 133 Å². The number of hydrogen-bond acceptors (Lipinski definition) is 9. The van der Waals surface area contributed by atoms with Crippen molar-refractivity contribution in [3.05, 3.63) is 0 Å². The van der Waals surface area contributed by atoms with Gasteiger partial charge in [0.2, 0.25) is 0 Å². The van der Waals surface area contributed by atoms with Gasteiger partial charge in [-0.25, -0.2) is 0 Å².